The second-order valence-corrected chi connectivity index (χ2v) is 5.15. The Kier molecular flexibility index (Phi) is 2.56. The van der Waals surface area contributed by atoms with Gasteiger partial charge in [0.2, 0.25) is 0 Å². The molecule has 15 heavy (non-hydrogen) atoms. The molecule has 0 radical (unpaired) electrons. The summed E-state index contributed by atoms with van der Waals surface area (Å²) in [6.07, 6.45) is 1.41. The number of nitrogens with one attached hydrogen (secondary N) is 2. The number of H-pyrrole nitrogens is 1. The summed E-state index contributed by atoms with van der Waals surface area (Å²) in [7, 11) is 1.89. The van der Waals surface area contributed by atoms with E-state index in [9.17, 15) is 5.11 Å². The molecule has 0 fully saturated rings. The van der Waals surface area contributed by atoms with Crippen molar-refractivity contribution in [3.63, 3.8) is 0 Å². The number of aliphatic hydroxyl groups excluding tert-OH is 1. The molecule has 1 aromatic rings. The molecule has 1 aliphatic carbocycles. The van der Waals surface area contributed by atoms with Crippen molar-refractivity contribution in [2.24, 2.45) is 5.41 Å². The second kappa shape index (κ2) is 3.61. The Morgan fingerprint density at radius 3 is 3.00 bits per heavy atom. The molecule has 1 atom stereocenters. The molecule has 1 aliphatic rings. The number of rotatable bonds is 2. The Balaban J connectivity index is 2.34. The number of nitrogens with zero attached hydrogens (tertiary/aromatic N) is 1. The van der Waals surface area contributed by atoms with Crippen molar-refractivity contribution in [1.82, 2.24) is 15.5 Å². The standard InChI is InChI=1S/C11H19N3O/c1-11(2)4-7-10(9(15)5-11)8(6-12-3)14-13-7/h9,12,15H,4-6H2,1-3H3,(H,13,14). The van der Waals surface area contributed by atoms with Crippen LogP contribution in [0.1, 0.15) is 43.3 Å². The number of aromatic amines is 1. The van der Waals surface area contributed by atoms with Crippen LogP contribution in [0.2, 0.25) is 0 Å². The summed E-state index contributed by atoms with van der Waals surface area (Å²) >= 11 is 0. The summed E-state index contributed by atoms with van der Waals surface area (Å²) in [5.41, 5.74) is 3.23. The van der Waals surface area contributed by atoms with Crippen molar-refractivity contribution >= 4 is 0 Å². The van der Waals surface area contributed by atoms with Gasteiger partial charge in [-0.15, -0.1) is 0 Å². The van der Waals surface area contributed by atoms with Crippen molar-refractivity contribution in [3.05, 3.63) is 17.0 Å². The molecule has 2 rings (SSSR count). The smallest absolute Gasteiger partial charge is 0.0831 e. The van der Waals surface area contributed by atoms with E-state index in [1.165, 1.54) is 0 Å². The first-order valence-corrected chi connectivity index (χ1v) is 5.42. The van der Waals surface area contributed by atoms with Crippen molar-refractivity contribution < 1.29 is 5.11 Å². The molecule has 1 heterocycles. The van der Waals surface area contributed by atoms with Gasteiger partial charge in [0, 0.05) is 17.8 Å². The molecule has 0 amide bonds. The van der Waals surface area contributed by atoms with E-state index in [0.29, 0.717) is 6.54 Å². The van der Waals surface area contributed by atoms with Crippen LogP contribution < -0.4 is 5.32 Å². The van der Waals surface area contributed by atoms with E-state index in [1.54, 1.807) is 0 Å². The first-order chi connectivity index (χ1) is 7.03. The predicted octanol–water partition coefficient (Wildman–Crippen LogP) is 1.13. The van der Waals surface area contributed by atoms with Crippen molar-refractivity contribution in [2.75, 3.05) is 7.05 Å². The molecule has 1 unspecified atom stereocenters. The molecule has 4 nitrogen and oxygen atoms in total. The minimum Gasteiger partial charge on any atom is -0.388 e. The molecule has 84 valence electrons. The van der Waals surface area contributed by atoms with Crippen LogP contribution in [0.15, 0.2) is 0 Å². The Hall–Kier alpha value is -0.870. The summed E-state index contributed by atoms with van der Waals surface area (Å²) < 4.78 is 0. The Morgan fingerprint density at radius 2 is 2.33 bits per heavy atom. The zero-order valence-electron chi connectivity index (χ0n) is 9.59. The predicted molar refractivity (Wildman–Crippen MR) is 58.4 cm³/mol. The van der Waals surface area contributed by atoms with E-state index < -0.39 is 0 Å². The number of hydrogen-bond donors (Lipinski definition) is 3. The van der Waals surface area contributed by atoms with Crippen LogP contribution in [0.4, 0.5) is 0 Å². The van der Waals surface area contributed by atoms with Gasteiger partial charge in [-0.25, -0.2) is 0 Å². The highest BCUT2D eigenvalue weighted by molar-refractivity contribution is 5.31. The Bertz CT molecular complexity index is 357. The fourth-order valence-electron chi connectivity index (χ4n) is 2.44. The lowest BCUT2D eigenvalue weighted by Crippen LogP contribution is -2.26. The average Bonchev–Trinajstić information content (AvgIpc) is 2.46. The maximum atomic E-state index is 10.1. The van der Waals surface area contributed by atoms with E-state index in [-0.39, 0.29) is 11.5 Å². The first kappa shape index (κ1) is 10.6. The van der Waals surface area contributed by atoms with Gasteiger partial charge >= 0.3 is 0 Å². The van der Waals surface area contributed by atoms with Gasteiger partial charge in [-0.1, -0.05) is 13.8 Å². The minimum absolute atomic E-state index is 0.163. The summed E-state index contributed by atoms with van der Waals surface area (Å²) in [6.45, 7) is 5.07. The van der Waals surface area contributed by atoms with Crippen LogP contribution in [0.5, 0.6) is 0 Å². The zero-order valence-corrected chi connectivity index (χ0v) is 9.59. The van der Waals surface area contributed by atoms with Crippen LogP contribution >= 0.6 is 0 Å². The van der Waals surface area contributed by atoms with Crippen molar-refractivity contribution in [1.29, 1.82) is 0 Å². The summed E-state index contributed by atoms with van der Waals surface area (Å²) in [5.74, 6) is 0. The maximum Gasteiger partial charge on any atom is 0.0831 e. The van der Waals surface area contributed by atoms with Crippen molar-refractivity contribution in [3.8, 4) is 0 Å². The molecular formula is C11H19N3O. The van der Waals surface area contributed by atoms with Crippen LogP contribution in [-0.2, 0) is 13.0 Å². The third kappa shape index (κ3) is 1.92. The van der Waals surface area contributed by atoms with E-state index >= 15 is 0 Å². The topological polar surface area (TPSA) is 60.9 Å². The lowest BCUT2D eigenvalue weighted by atomic mass is 9.75. The van der Waals surface area contributed by atoms with E-state index in [0.717, 1.165) is 29.8 Å². The van der Waals surface area contributed by atoms with Gasteiger partial charge in [-0.3, -0.25) is 5.10 Å². The van der Waals surface area contributed by atoms with Crippen LogP contribution in [0, 0.1) is 5.41 Å². The third-order valence-electron chi connectivity index (χ3n) is 3.04. The highest BCUT2D eigenvalue weighted by atomic mass is 16.3. The molecule has 3 N–H and O–H groups in total. The van der Waals surface area contributed by atoms with Crippen LogP contribution in [0.25, 0.3) is 0 Å². The highest BCUT2D eigenvalue weighted by Gasteiger charge is 2.34. The molecule has 0 bridgehead atoms. The number of fused-ring (bicyclic) bond motifs is 1. The van der Waals surface area contributed by atoms with E-state index in [1.807, 2.05) is 7.05 Å². The monoisotopic (exact) mass is 209 g/mol. The number of hydrogen-bond acceptors (Lipinski definition) is 3. The summed E-state index contributed by atoms with van der Waals surface area (Å²) in [5, 5.41) is 20.5. The Morgan fingerprint density at radius 1 is 1.60 bits per heavy atom. The van der Waals surface area contributed by atoms with Gasteiger partial charge < -0.3 is 10.4 Å². The average molecular weight is 209 g/mol. The molecule has 0 saturated heterocycles. The fourth-order valence-corrected chi connectivity index (χ4v) is 2.44. The van der Waals surface area contributed by atoms with Crippen molar-refractivity contribution in [2.45, 2.75) is 39.3 Å². The normalized spacial score (nSPS) is 23.9. The van der Waals surface area contributed by atoms with Gasteiger partial charge in [0.25, 0.3) is 0 Å². The molecule has 0 saturated carbocycles. The van der Waals surface area contributed by atoms with Crippen LogP contribution in [-0.4, -0.2) is 22.4 Å². The van der Waals surface area contributed by atoms with Gasteiger partial charge in [-0.05, 0) is 25.3 Å². The van der Waals surface area contributed by atoms with Gasteiger partial charge in [-0.2, -0.15) is 5.10 Å². The lowest BCUT2D eigenvalue weighted by Gasteiger charge is -2.32. The molecule has 0 spiro atoms. The number of aromatic nitrogens is 2. The molecular weight excluding hydrogens is 190 g/mol. The Labute approximate surface area is 90.1 Å². The third-order valence-corrected chi connectivity index (χ3v) is 3.04. The van der Waals surface area contributed by atoms with E-state index in [4.69, 9.17) is 0 Å². The molecule has 0 aliphatic heterocycles. The van der Waals surface area contributed by atoms with Gasteiger partial charge in [0.15, 0.2) is 0 Å². The van der Waals surface area contributed by atoms with Gasteiger partial charge in [0.05, 0.1) is 11.8 Å². The highest BCUT2D eigenvalue weighted by Crippen LogP contribution is 2.40. The quantitative estimate of drug-likeness (QED) is 0.684. The largest absolute Gasteiger partial charge is 0.388 e. The SMILES string of the molecule is CNCc1n[nH]c2c1C(O)CC(C)(C)C2. The maximum absolute atomic E-state index is 10.1. The lowest BCUT2D eigenvalue weighted by molar-refractivity contribution is 0.0984. The molecule has 1 aromatic heterocycles. The van der Waals surface area contributed by atoms with Crippen LogP contribution in [0.3, 0.4) is 0 Å². The first-order valence-electron chi connectivity index (χ1n) is 5.42. The molecule has 0 aromatic carbocycles. The molecule has 4 heteroatoms. The second-order valence-electron chi connectivity index (χ2n) is 5.15. The van der Waals surface area contributed by atoms with E-state index in [2.05, 4.69) is 29.4 Å². The summed E-state index contributed by atoms with van der Waals surface area (Å²) in [4.78, 5) is 0. The number of aliphatic hydroxyl groups is 1. The van der Waals surface area contributed by atoms with Gasteiger partial charge in [0.1, 0.15) is 0 Å². The fraction of sp³-hybridized carbons (Fsp3) is 0.727. The zero-order chi connectivity index (χ0) is 11.1. The minimum atomic E-state index is -0.370. The summed E-state index contributed by atoms with van der Waals surface area (Å²) in [6, 6.07) is 0.